The summed E-state index contributed by atoms with van der Waals surface area (Å²) in [5.74, 6) is 6.09. The van der Waals surface area contributed by atoms with Crippen molar-refractivity contribution in [3.05, 3.63) is 60.7 Å². The van der Waals surface area contributed by atoms with Crippen LogP contribution >= 0.6 is 0 Å². The highest BCUT2D eigenvalue weighted by atomic mass is 16.5. The van der Waals surface area contributed by atoms with Crippen LogP contribution in [-0.2, 0) is 0 Å². The summed E-state index contributed by atoms with van der Waals surface area (Å²) in [5, 5.41) is 0. The fourth-order valence-electron chi connectivity index (χ4n) is 1.33. The second kappa shape index (κ2) is 7.30. The molecule has 0 fully saturated rings. The SMILES string of the molecule is C=C/C=C(\C=C/C)COc1ccc(NN)cc1. The van der Waals surface area contributed by atoms with E-state index in [0.29, 0.717) is 6.61 Å². The zero-order chi connectivity index (χ0) is 12.5. The molecule has 0 atom stereocenters. The highest BCUT2D eigenvalue weighted by Crippen LogP contribution is 2.15. The minimum atomic E-state index is 0.520. The molecule has 0 amide bonds. The maximum absolute atomic E-state index is 5.64. The second-order valence-corrected chi connectivity index (χ2v) is 3.43. The first-order chi connectivity index (χ1) is 8.30. The van der Waals surface area contributed by atoms with Gasteiger partial charge in [-0.25, -0.2) is 0 Å². The molecule has 0 aliphatic rings. The maximum atomic E-state index is 5.64. The van der Waals surface area contributed by atoms with Gasteiger partial charge in [-0.1, -0.05) is 30.9 Å². The minimum absolute atomic E-state index is 0.520. The van der Waals surface area contributed by atoms with Crippen molar-refractivity contribution in [1.29, 1.82) is 0 Å². The number of allylic oxidation sites excluding steroid dienone is 3. The van der Waals surface area contributed by atoms with Gasteiger partial charge in [-0.15, -0.1) is 0 Å². The van der Waals surface area contributed by atoms with Crippen LogP contribution < -0.4 is 16.0 Å². The number of nitrogens with one attached hydrogen (secondary N) is 1. The van der Waals surface area contributed by atoms with Gasteiger partial charge in [0.25, 0.3) is 0 Å². The van der Waals surface area contributed by atoms with Gasteiger partial charge in [-0.2, -0.15) is 0 Å². The third-order valence-electron chi connectivity index (χ3n) is 2.14. The standard InChI is InChI=1S/C14H18N2O/c1-3-5-12(6-4-2)11-17-14-9-7-13(16-15)8-10-14/h3-10,16H,1,11,15H2,2H3/b6-4-,12-5+. The summed E-state index contributed by atoms with van der Waals surface area (Å²) in [4.78, 5) is 0. The van der Waals surface area contributed by atoms with Crippen molar-refractivity contribution in [1.82, 2.24) is 0 Å². The largest absolute Gasteiger partial charge is 0.489 e. The molecule has 90 valence electrons. The Balaban J connectivity index is 2.59. The van der Waals surface area contributed by atoms with E-state index >= 15 is 0 Å². The van der Waals surface area contributed by atoms with E-state index in [0.717, 1.165) is 17.0 Å². The second-order valence-electron chi connectivity index (χ2n) is 3.43. The van der Waals surface area contributed by atoms with Crippen molar-refractivity contribution in [2.75, 3.05) is 12.0 Å². The van der Waals surface area contributed by atoms with Crippen LogP contribution in [0.5, 0.6) is 5.75 Å². The fourth-order valence-corrected chi connectivity index (χ4v) is 1.33. The lowest BCUT2D eigenvalue weighted by Gasteiger charge is -2.07. The molecule has 0 aliphatic heterocycles. The summed E-state index contributed by atoms with van der Waals surface area (Å²) in [6, 6.07) is 7.47. The van der Waals surface area contributed by atoms with Crippen molar-refractivity contribution < 1.29 is 4.74 Å². The van der Waals surface area contributed by atoms with Crippen LogP contribution in [0, 0.1) is 0 Å². The summed E-state index contributed by atoms with van der Waals surface area (Å²) in [7, 11) is 0. The molecular formula is C14H18N2O. The Kier molecular flexibility index (Phi) is 5.61. The quantitative estimate of drug-likeness (QED) is 0.448. The molecule has 17 heavy (non-hydrogen) atoms. The minimum Gasteiger partial charge on any atom is -0.489 e. The first kappa shape index (κ1) is 13.1. The third kappa shape index (κ3) is 4.57. The Morgan fingerprint density at radius 1 is 1.41 bits per heavy atom. The number of hydrazine groups is 1. The average Bonchev–Trinajstić information content (AvgIpc) is 2.37. The van der Waals surface area contributed by atoms with E-state index in [1.54, 1.807) is 6.08 Å². The van der Waals surface area contributed by atoms with Gasteiger partial charge in [0.2, 0.25) is 0 Å². The van der Waals surface area contributed by atoms with Crippen LogP contribution in [0.4, 0.5) is 5.69 Å². The van der Waals surface area contributed by atoms with Crippen molar-refractivity contribution in [2.24, 2.45) is 5.84 Å². The first-order valence-electron chi connectivity index (χ1n) is 5.44. The van der Waals surface area contributed by atoms with Gasteiger partial charge < -0.3 is 10.2 Å². The molecule has 1 aromatic rings. The number of rotatable bonds is 6. The molecular weight excluding hydrogens is 212 g/mol. The Morgan fingerprint density at radius 3 is 2.65 bits per heavy atom. The Hall–Kier alpha value is -2.00. The van der Waals surface area contributed by atoms with E-state index < -0.39 is 0 Å². The van der Waals surface area contributed by atoms with E-state index in [2.05, 4.69) is 12.0 Å². The molecule has 0 bridgehead atoms. The topological polar surface area (TPSA) is 47.3 Å². The monoisotopic (exact) mass is 230 g/mol. The van der Waals surface area contributed by atoms with E-state index in [1.807, 2.05) is 49.4 Å². The average molecular weight is 230 g/mol. The first-order valence-corrected chi connectivity index (χ1v) is 5.44. The molecule has 0 aliphatic carbocycles. The molecule has 0 radical (unpaired) electrons. The summed E-state index contributed by atoms with van der Waals surface area (Å²) < 4.78 is 5.64. The number of nitrogens with two attached hydrogens (primary N) is 1. The van der Waals surface area contributed by atoms with Gasteiger partial charge in [0, 0.05) is 5.69 Å². The number of benzene rings is 1. The van der Waals surface area contributed by atoms with Crippen molar-refractivity contribution in [3.63, 3.8) is 0 Å². The van der Waals surface area contributed by atoms with E-state index in [1.165, 1.54) is 0 Å². The summed E-state index contributed by atoms with van der Waals surface area (Å²) >= 11 is 0. The Bertz CT molecular complexity index is 405. The molecule has 3 nitrogen and oxygen atoms in total. The number of nitrogen functional groups attached to an aromatic ring is 1. The normalized spacial score (nSPS) is 11.5. The maximum Gasteiger partial charge on any atom is 0.119 e. The van der Waals surface area contributed by atoms with Gasteiger partial charge >= 0.3 is 0 Å². The number of hydrogen-bond donors (Lipinski definition) is 2. The lowest BCUT2D eigenvalue weighted by Crippen LogP contribution is -2.06. The molecule has 0 heterocycles. The fraction of sp³-hybridized carbons (Fsp3) is 0.143. The lowest BCUT2D eigenvalue weighted by molar-refractivity contribution is 0.355. The number of ether oxygens (including phenoxy) is 1. The third-order valence-corrected chi connectivity index (χ3v) is 2.14. The predicted octanol–water partition coefficient (Wildman–Crippen LogP) is 3.04. The summed E-state index contributed by atoms with van der Waals surface area (Å²) in [6.45, 7) is 6.16. The van der Waals surface area contributed by atoms with Crippen LogP contribution in [0.1, 0.15) is 6.92 Å². The molecule has 0 saturated carbocycles. The molecule has 0 saturated heterocycles. The van der Waals surface area contributed by atoms with E-state index in [9.17, 15) is 0 Å². The van der Waals surface area contributed by atoms with Crippen LogP contribution in [0.2, 0.25) is 0 Å². The van der Waals surface area contributed by atoms with Gasteiger partial charge in [0.15, 0.2) is 0 Å². The molecule has 1 rings (SSSR count). The Labute approximate surface area is 102 Å². The van der Waals surface area contributed by atoms with E-state index in [-0.39, 0.29) is 0 Å². The van der Waals surface area contributed by atoms with Gasteiger partial charge in [0.05, 0.1) is 0 Å². The van der Waals surface area contributed by atoms with Crippen LogP contribution in [0.15, 0.2) is 60.7 Å². The number of anilines is 1. The van der Waals surface area contributed by atoms with Crippen molar-refractivity contribution in [3.8, 4) is 5.75 Å². The summed E-state index contributed by atoms with van der Waals surface area (Å²) in [5.41, 5.74) is 4.50. The molecule has 3 N–H and O–H groups in total. The van der Waals surface area contributed by atoms with Gasteiger partial charge in [0.1, 0.15) is 12.4 Å². The van der Waals surface area contributed by atoms with Gasteiger partial charge in [-0.05, 0) is 36.8 Å². The van der Waals surface area contributed by atoms with Crippen LogP contribution in [0.3, 0.4) is 0 Å². The molecule has 1 aromatic carbocycles. The smallest absolute Gasteiger partial charge is 0.119 e. The molecule has 0 aromatic heterocycles. The summed E-state index contributed by atoms with van der Waals surface area (Å²) in [6.07, 6.45) is 7.65. The van der Waals surface area contributed by atoms with Crippen LogP contribution in [-0.4, -0.2) is 6.61 Å². The van der Waals surface area contributed by atoms with Crippen molar-refractivity contribution >= 4 is 5.69 Å². The zero-order valence-electron chi connectivity index (χ0n) is 10.0. The van der Waals surface area contributed by atoms with E-state index in [4.69, 9.17) is 10.6 Å². The highest BCUT2D eigenvalue weighted by molar-refractivity contribution is 5.45. The Morgan fingerprint density at radius 2 is 2.12 bits per heavy atom. The zero-order valence-corrected chi connectivity index (χ0v) is 10.0. The predicted molar refractivity (Wildman–Crippen MR) is 72.8 cm³/mol. The highest BCUT2D eigenvalue weighted by Gasteiger charge is 1.96. The van der Waals surface area contributed by atoms with Crippen molar-refractivity contribution in [2.45, 2.75) is 6.92 Å². The van der Waals surface area contributed by atoms with Crippen LogP contribution in [0.25, 0.3) is 0 Å². The lowest BCUT2D eigenvalue weighted by atomic mass is 10.2. The molecule has 0 spiro atoms. The molecule has 0 unspecified atom stereocenters. The number of hydrogen-bond acceptors (Lipinski definition) is 3. The van der Waals surface area contributed by atoms with Gasteiger partial charge in [-0.3, -0.25) is 5.84 Å². The molecule has 3 heteroatoms.